The fourth-order valence-corrected chi connectivity index (χ4v) is 6.69. The van der Waals surface area contributed by atoms with Crippen molar-refractivity contribution in [2.24, 2.45) is 5.92 Å². The molecule has 4 heterocycles. The maximum atomic E-state index is 14.7. The molecule has 1 aliphatic heterocycles. The molecule has 9 heteroatoms. The Kier molecular flexibility index (Phi) is 9.53. The van der Waals surface area contributed by atoms with Crippen LogP contribution in [0.5, 0.6) is 0 Å². The molecule has 1 fully saturated rings. The fourth-order valence-electron chi connectivity index (χ4n) is 5.86. The van der Waals surface area contributed by atoms with Gasteiger partial charge < -0.3 is 4.90 Å². The molecule has 1 aromatic carbocycles. The van der Waals surface area contributed by atoms with Gasteiger partial charge in [0.1, 0.15) is 10.7 Å². The second-order valence-electron chi connectivity index (χ2n) is 11.7. The number of nitrogens with zero attached hydrogens (tertiary/aromatic N) is 4. The highest BCUT2D eigenvalue weighted by molar-refractivity contribution is 7.13. The highest BCUT2D eigenvalue weighted by Gasteiger charge is 2.29. The molecular formula is C35H38F2N4O2S. The zero-order valence-corrected chi connectivity index (χ0v) is 26.7. The first-order chi connectivity index (χ1) is 21.1. The van der Waals surface area contributed by atoms with Crippen molar-refractivity contribution in [3.8, 4) is 27.5 Å². The average Bonchev–Trinajstić information content (AvgIpc) is 3.50. The second-order valence-corrected chi connectivity index (χ2v) is 12.5. The van der Waals surface area contributed by atoms with E-state index < -0.39 is 6.43 Å². The molecule has 0 spiro atoms. The molecule has 0 saturated carbocycles. The minimum atomic E-state index is -2.66. The minimum absolute atomic E-state index is 0.102. The number of halogens is 2. The third-order valence-corrected chi connectivity index (χ3v) is 8.94. The number of aromatic nitrogens is 3. The van der Waals surface area contributed by atoms with E-state index in [1.54, 1.807) is 22.1 Å². The van der Waals surface area contributed by atoms with Crippen LogP contribution in [0.2, 0.25) is 0 Å². The number of pyridine rings is 2. The van der Waals surface area contributed by atoms with Crippen LogP contribution in [0.25, 0.3) is 33.6 Å². The summed E-state index contributed by atoms with van der Waals surface area (Å²) in [7, 11) is 0. The lowest BCUT2D eigenvalue weighted by Crippen LogP contribution is -2.40. The van der Waals surface area contributed by atoms with Crippen molar-refractivity contribution in [2.75, 3.05) is 13.1 Å². The summed E-state index contributed by atoms with van der Waals surface area (Å²) in [4.78, 5) is 39.5. The van der Waals surface area contributed by atoms with Gasteiger partial charge in [0.05, 0.1) is 28.2 Å². The Morgan fingerprint density at radius 1 is 1.14 bits per heavy atom. The van der Waals surface area contributed by atoms with Crippen LogP contribution in [0.4, 0.5) is 8.78 Å². The van der Waals surface area contributed by atoms with E-state index in [4.69, 9.17) is 4.98 Å². The highest BCUT2D eigenvalue weighted by Crippen LogP contribution is 2.32. The van der Waals surface area contributed by atoms with Gasteiger partial charge in [0, 0.05) is 30.2 Å². The van der Waals surface area contributed by atoms with E-state index in [1.165, 1.54) is 23.6 Å². The van der Waals surface area contributed by atoms with Gasteiger partial charge in [0.15, 0.2) is 0 Å². The number of benzene rings is 1. The van der Waals surface area contributed by atoms with E-state index in [1.807, 2.05) is 43.0 Å². The maximum absolute atomic E-state index is 14.7. The van der Waals surface area contributed by atoms with E-state index in [9.17, 15) is 18.4 Å². The van der Waals surface area contributed by atoms with Gasteiger partial charge >= 0.3 is 0 Å². The van der Waals surface area contributed by atoms with Crippen molar-refractivity contribution in [3.63, 3.8) is 0 Å². The van der Waals surface area contributed by atoms with E-state index in [0.29, 0.717) is 64.9 Å². The number of likely N-dealkylation sites (tertiary alicyclic amines) is 1. The summed E-state index contributed by atoms with van der Waals surface area (Å²) < 4.78 is 27.9. The second kappa shape index (κ2) is 13.3. The fraction of sp³-hybridized carbons (Fsp3) is 0.371. The molecule has 0 unspecified atom stereocenters. The van der Waals surface area contributed by atoms with Crippen LogP contribution < -0.4 is 5.56 Å². The van der Waals surface area contributed by atoms with E-state index in [0.717, 1.165) is 35.2 Å². The lowest BCUT2D eigenvalue weighted by molar-refractivity contribution is 0.0682. The Labute approximate surface area is 261 Å². The number of carbonyl (C=O) groups excluding carboxylic acids is 1. The average molecular weight is 617 g/mol. The molecule has 44 heavy (non-hydrogen) atoms. The Morgan fingerprint density at radius 2 is 1.86 bits per heavy atom. The summed E-state index contributed by atoms with van der Waals surface area (Å²) in [5.41, 5.74) is 5.69. The zero-order valence-electron chi connectivity index (χ0n) is 25.9. The molecule has 0 radical (unpaired) electrons. The minimum Gasteiger partial charge on any atom is -0.338 e. The lowest BCUT2D eigenvalue weighted by atomic mass is 9.97. The normalized spacial score (nSPS) is 15.1. The van der Waals surface area contributed by atoms with Gasteiger partial charge in [-0.25, -0.2) is 13.8 Å². The SMILES string of the molecule is CCc1cccc(CC)c1-n1c(C=C(C)C)c(C(=O)N2CCC[C@H](C)C2)cc(-c2nc(-c3ccc(C(F)F)nc3)cs2)c1=O. The Morgan fingerprint density at radius 3 is 2.45 bits per heavy atom. The molecule has 6 nitrogen and oxygen atoms in total. The first-order valence-corrected chi connectivity index (χ1v) is 16.1. The zero-order chi connectivity index (χ0) is 31.5. The van der Waals surface area contributed by atoms with Crippen LogP contribution in [0, 0.1) is 5.92 Å². The number of rotatable bonds is 8. The monoisotopic (exact) mass is 616 g/mol. The summed E-state index contributed by atoms with van der Waals surface area (Å²) in [6, 6.07) is 10.6. The Hall–Kier alpha value is -3.98. The quantitative estimate of drug-likeness (QED) is 0.199. The number of thiazole rings is 1. The van der Waals surface area contributed by atoms with Crippen molar-refractivity contribution in [2.45, 2.75) is 66.7 Å². The van der Waals surface area contributed by atoms with Crippen LogP contribution in [0.3, 0.4) is 0 Å². The molecule has 230 valence electrons. The van der Waals surface area contributed by atoms with Crippen LogP contribution in [-0.2, 0) is 12.8 Å². The molecular weight excluding hydrogens is 578 g/mol. The third-order valence-electron chi connectivity index (χ3n) is 8.07. The maximum Gasteiger partial charge on any atom is 0.280 e. The number of hydrogen-bond acceptors (Lipinski definition) is 5. The van der Waals surface area contributed by atoms with Gasteiger partial charge in [0.25, 0.3) is 17.9 Å². The Balaban J connectivity index is 1.78. The van der Waals surface area contributed by atoms with Gasteiger partial charge in [0.2, 0.25) is 0 Å². The summed E-state index contributed by atoms with van der Waals surface area (Å²) in [5, 5.41) is 2.24. The molecule has 1 atom stereocenters. The lowest BCUT2D eigenvalue weighted by Gasteiger charge is -2.32. The van der Waals surface area contributed by atoms with Gasteiger partial charge in [-0.2, -0.15) is 0 Å². The summed E-state index contributed by atoms with van der Waals surface area (Å²) >= 11 is 1.28. The molecule has 0 N–H and O–H groups in total. The molecule has 1 aliphatic rings. The number of amides is 1. The number of aryl methyl sites for hydroxylation is 2. The van der Waals surface area contributed by atoms with Gasteiger partial charge in [-0.1, -0.05) is 44.5 Å². The van der Waals surface area contributed by atoms with E-state index >= 15 is 0 Å². The van der Waals surface area contributed by atoms with Crippen LogP contribution in [0.1, 0.15) is 86.8 Å². The van der Waals surface area contributed by atoms with Crippen LogP contribution in [0.15, 0.2) is 58.3 Å². The number of para-hydroxylation sites is 1. The molecule has 0 bridgehead atoms. The first kappa shape index (κ1) is 31.4. The van der Waals surface area contributed by atoms with Gasteiger partial charge in [-0.15, -0.1) is 11.3 Å². The molecule has 1 saturated heterocycles. The van der Waals surface area contributed by atoms with Crippen LogP contribution >= 0.6 is 11.3 Å². The molecule has 0 aliphatic carbocycles. The molecule has 1 amide bonds. The van der Waals surface area contributed by atoms with Crippen molar-refractivity contribution in [1.29, 1.82) is 0 Å². The summed E-state index contributed by atoms with van der Waals surface area (Å²) in [6.07, 6.45) is 4.08. The van der Waals surface area contributed by atoms with Gasteiger partial charge in [-0.05, 0) is 80.9 Å². The predicted octanol–water partition coefficient (Wildman–Crippen LogP) is 8.38. The standard InChI is InChI=1S/C35H38F2N4O2S/c1-6-23-11-8-12-24(7-2)31(23)41-30(16-21(3)4)26(34(42)40-15-9-10-22(5)19-40)17-27(35(41)43)33-39-29(20-44-33)25-13-14-28(32(36)37)38-18-25/h8,11-14,16-18,20,22,32H,6-7,9-10,15,19H2,1-5H3/t22-/m0/s1. The smallest absolute Gasteiger partial charge is 0.280 e. The summed E-state index contributed by atoms with van der Waals surface area (Å²) in [6.45, 7) is 11.6. The van der Waals surface area contributed by atoms with Gasteiger partial charge in [-0.3, -0.25) is 19.1 Å². The van der Waals surface area contributed by atoms with Crippen molar-refractivity contribution in [3.05, 3.63) is 92.0 Å². The summed E-state index contributed by atoms with van der Waals surface area (Å²) in [5.74, 6) is 0.290. The topological polar surface area (TPSA) is 68.1 Å². The number of alkyl halides is 2. The Bertz CT molecular complexity index is 1730. The van der Waals surface area contributed by atoms with Crippen molar-refractivity contribution in [1.82, 2.24) is 19.4 Å². The van der Waals surface area contributed by atoms with E-state index in [-0.39, 0.29) is 17.2 Å². The molecule has 3 aromatic heterocycles. The number of piperidine rings is 1. The largest absolute Gasteiger partial charge is 0.338 e. The number of allylic oxidation sites excluding steroid dienone is 1. The van der Waals surface area contributed by atoms with Crippen LogP contribution in [-0.4, -0.2) is 38.4 Å². The van der Waals surface area contributed by atoms with Crippen molar-refractivity contribution >= 4 is 23.3 Å². The molecule has 4 aromatic rings. The predicted molar refractivity (Wildman–Crippen MR) is 174 cm³/mol. The number of carbonyl (C=O) groups is 1. The molecule has 5 rings (SSSR count). The highest BCUT2D eigenvalue weighted by atomic mass is 32.1. The van der Waals surface area contributed by atoms with Crippen molar-refractivity contribution < 1.29 is 13.6 Å². The number of hydrogen-bond donors (Lipinski definition) is 0. The third kappa shape index (κ3) is 6.29. The first-order valence-electron chi connectivity index (χ1n) is 15.2. The van der Waals surface area contributed by atoms with E-state index in [2.05, 4.69) is 25.8 Å².